The second-order valence-electron chi connectivity index (χ2n) is 9.06. The van der Waals surface area contributed by atoms with Crippen LogP contribution in [0.15, 0.2) is 79.1 Å². The van der Waals surface area contributed by atoms with Gasteiger partial charge in [-0.15, -0.1) is 0 Å². The summed E-state index contributed by atoms with van der Waals surface area (Å²) in [4.78, 5) is 9.56. The molecule has 3 aromatic rings. The smallest absolute Gasteiger partial charge is 0.109 e. The molecule has 4 heteroatoms. The van der Waals surface area contributed by atoms with Crippen molar-refractivity contribution in [2.45, 2.75) is 39.5 Å². The van der Waals surface area contributed by atoms with E-state index >= 15 is 0 Å². The molecule has 2 atom stereocenters. The zero-order chi connectivity index (χ0) is 22.4. The Morgan fingerprint density at radius 2 is 1.38 bits per heavy atom. The molecule has 5 rings (SSSR count). The van der Waals surface area contributed by atoms with Gasteiger partial charge in [-0.2, -0.15) is 0 Å². The molecule has 164 valence electrons. The summed E-state index contributed by atoms with van der Waals surface area (Å²) in [5.41, 5.74) is 9.09. The van der Waals surface area contributed by atoms with E-state index in [1.54, 1.807) is 0 Å². The Morgan fingerprint density at radius 3 is 2.06 bits per heavy atom. The van der Waals surface area contributed by atoms with Crippen LogP contribution in [0.5, 0.6) is 0 Å². The van der Waals surface area contributed by atoms with Crippen LogP contribution in [0.1, 0.15) is 23.6 Å². The molecular formula is C28H32N4. The van der Waals surface area contributed by atoms with Crippen LogP contribution in [0.2, 0.25) is 0 Å². The molecule has 0 amide bonds. The number of aryl methyl sites for hydroxylation is 2. The lowest BCUT2D eigenvalue weighted by atomic mass is 10.1. The van der Waals surface area contributed by atoms with Crippen LogP contribution in [0, 0.1) is 13.8 Å². The van der Waals surface area contributed by atoms with Crippen molar-refractivity contribution < 1.29 is 0 Å². The summed E-state index contributed by atoms with van der Waals surface area (Å²) in [5, 5.41) is 0. The quantitative estimate of drug-likeness (QED) is 0.507. The van der Waals surface area contributed by atoms with Gasteiger partial charge in [0.25, 0.3) is 0 Å². The highest BCUT2D eigenvalue weighted by Gasteiger charge is 2.33. The third-order valence-electron chi connectivity index (χ3n) is 7.05. The number of hydrogen-bond acceptors (Lipinski definition) is 4. The highest BCUT2D eigenvalue weighted by molar-refractivity contribution is 5.84. The fourth-order valence-corrected chi connectivity index (χ4v) is 5.05. The van der Waals surface area contributed by atoms with Gasteiger partial charge in [0.15, 0.2) is 0 Å². The first kappa shape index (κ1) is 20.5. The van der Waals surface area contributed by atoms with E-state index < -0.39 is 0 Å². The number of hydrogen-bond donors (Lipinski definition) is 0. The van der Waals surface area contributed by atoms with E-state index in [1.165, 1.54) is 39.4 Å². The van der Waals surface area contributed by atoms with Crippen LogP contribution in [0.4, 0.5) is 22.7 Å². The van der Waals surface area contributed by atoms with E-state index in [1.807, 2.05) is 0 Å². The monoisotopic (exact) mass is 424 g/mol. The molecule has 2 heterocycles. The highest BCUT2D eigenvalue weighted by atomic mass is 15.4. The van der Waals surface area contributed by atoms with Crippen LogP contribution >= 0.6 is 0 Å². The first-order chi connectivity index (χ1) is 15.5. The van der Waals surface area contributed by atoms with Crippen LogP contribution < -0.4 is 14.7 Å². The van der Waals surface area contributed by atoms with E-state index in [4.69, 9.17) is 0 Å². The van der Waals surface area contributed by atoms with Crippen LogP contribution in [0.25, 0.3) is 0 Å². The Balaban J connectivity index is 1.49. The molecule has 2 aliphatic heterocycles. The summed E-state index contributed by atoms with van der Waals surface area (Å²) in [5.74, 6) is 0. The predicted octanol–water partition coefficient (Wildman–Crippen LogP) is 6.03. The lowest BCUT2D eigenvalue weighted by Crippen LogP contribution is -2.38. The van der Waals surface area contributed by atoms with Crippen molar-refractivity contribution >= 4 is 22.7 Å². The van der Waals surface area contributed by atoms with Gasteiger partial charge >= 0.3 is 0 Å². The van der Waals surface area contributed by atoms with Gasteiger partial charge in [0.1, 0.15) is 12.3 Å². The first-order valence-corrected chi connectivity index (χ1v) is 11.4. The lowest BCUT2D eigenvalue weighted by Gasteiger charge is -2.32. The van der Waals surface area contributed by atoms with Crippen LogP contribution in [-0.4, -0.2) is 31.3 Å². The number of nitrogens with zero attached hydrogens (tertiary/aromatic N) is 4. The minimum atomic E-state index is 0.262. The van der Waals surface area contributed by atoms with Gasteiger partial charge in [-0.3, -0.25) is 0 Å². The maximum atomic E-state index is 2.48. The molecule has 0 saturated heterocycles. The standard InChI is InChI=1S/C28H32N4/c1-20-10-6-8-12-24(20)31-17-16-29(4)28(31)19-23-14-15-26-27(18-23)32(22(3)30(26)5)25-13-9-7-11-21(25)2/h6-18,22,28H,19H2,1-5H3/t22-,28-/m0/s1. The Hall–Kier alpha value is -3.40. The topological polar surface area (TPSA) is 13.0 Å². The number of rotatable bonds is 4. The Bertz CT molecular complexity index is 1170. The highest BCUT2D eigenvalue weighted by Crippen LogP contribution is 2.45. The molecule has 0 unspecified atom stereocenters. The Morgan fingerprint density at radius 1 is 0.719 bits per heavy atom. The van der Waals surface area contributed by atoms with Gasteiger partial charge in [0, 0.05) is 44.3 Å². The van der Waals surface area contributed by atoms with Crippen molar-refractivity contribution in [2.24, 2.45) is 0 Å². The first-order valence-electron chi connectivity index (χ1n) is 11.4. The van der Waals surface area contributed by atoms with Crippen molar-refractivity contribution in [3.05, 3.63) is 95.8 Å². The number of benzene rings is 3. The molecule has 32 heavy (non-hydrogen) atoms. The van der Waals surface area contributed by atoms with Crippen molar-refractivity contribution in [3.8, 4) is 0 Å². The van der Waals surface area contributed by atoms with Crippen molar-refractivity contribution in [1.29, 1.82) is 0 Å². The van der Waals surface area contributed by atoms with Gasteiger partial charge in [0.2, 0.25) is 0 Å². The Labute approximate surface area is 192 Å². The predicted molar refractivity (Wildman–Crippen MR) is 136 cm³/mol. The average molecular weight is 425 g/mol. The molecule has 2 aliphatic rings. The minimum absolute atomic E-state index is 0.262. The molecule has 0 fully saturated rings. The SMILES string of the molecule is Cc1ccccc1N1C=CN(C)[C@@H]1Cc1ccc2c(c1)N(c1ccccc1C)[C@@H](C)N2C. The van der Waals surface area contributed by atoms with Crippen LogP contribution in [-0.2, 0) is 6.42 Å². The molecular weight excluding hydrogens is 392 g/mol. The molecule has 4 nitrogen and oxygen atoms in total. The summed E-state index contributed by atoms with van der Waals surface area (Å²) in [6, 6.07) is 24.3. The zero-order valence-electron chi connectivity index (χ0n) is 19.7. The fourth-order valence-electron chi connectivity index (χ4n) is 5.05. The van der Waals surface area contributed by atoms with E-state index in [0.29, 0.717) is 0 Å². The third-order valence-corrected chi connectivity index (χ3v) is 7.05. The third kappa shape index (κ3) is 3.31. The normalized spacial score (nSPS) is 19.8. The van der Waals surface area contributed by atoms with Crippen LogP contribution in [0.3, 0.4) is 0 Å². The largest absolute Gasteiger partial charge is 0.358 e. The van der Waals surface area contributed by atoms with Gasteiger partial charge in [-0.1, -0.05) is 42.5 Å². The molecule has 0 radical (unpaired) electrons. The average Bonchev–Trinajstić information content (AvgIpc) is 3.26. The second-order valence-corrected chi connectivity index (χ2v) is 9.06. The molecule has 3 aromatic carbocycles. The van der Waals surface area contributed by atoms with Gasteiger partial charge in [-0.05, 0) is 61.7 Å². The Kier molecular flexibility index (Phi) is 5.09. The van der Waals surface area contributed by atoms with E-state index in [9.17, 15) is 0 Å². The van der Waals surface area contributed by atoms with Crippen molar-refractivity contribution in [1.82, 2.24) is 4.90 Å². The molecule has 0 bridgehead atoms. The maximum absolute atomic E-state index is 2.48. The molecule has 0 aromatic heterocycles. The summed E-state index contributed by atoms with van der Waals surface area (Å²) in [6.07, 6.45) is 5.87. The van der Waals surface area contributed by atoms with Gasteiger partial charge < -0.3 is 19.6 Å². The molecule has 0 N–H and O–H groups in total. The van der Waals surface area contributed by atoms with Gasteiger partial charge in [0.05, 0.1) is 11.4 Å². The summed E-state index contributed by atoms with van der Waals surface area (Å²) >= 11 is 0. The van der Waals surface area contributed by atoms with Crippen molar-refractivity contribution in [3.63, 3.8) is 0 Å². The minimum Gasteiger partial charge on any atom is -0.358 e. The summed E-state index contributed by atoms with van der Waals surface area (Å²) in [6.45, 7) is 6.66. The summed E-state index contributed by atoms with van der Waals surface area (Å²) in [7, 11) is 4.36. The number of para-hydroxylation sites is 2. The number of anilines is 4. The maximum Gasteiger partial charge on any atom is 0.109 e. The van der Waals surface area contributed by atoms with E-state index in [2.05, 4.69) is 134 Å². The van der Waals surface area contributed by atoms with Crippen molar-refractivity contribution in [2.75, 3.05) is 28.8 Å². The van der Waals surface area contributed by atoms with E-state index in [0.717, 1.165) is 6.42 Å². The van der Waals surface area contributed by atoms with E-state index in [-0.39, 0.29) is 12.3 Å². The number of fused-ring (bicyclic) bond motifs is 1. The molecule has 0 aliphatic carbocycles. The number of likely N-dealkylation sites (N-methyl/N-ethyl adjacent to an activating group) is 1. The molecule has 0 saturated carbocycles. The van der Waals surface area contributed by atoms with Gasteiger partial charge in [-0.25, -0.2) is 0 Å². The second kappa shape index (κ2) is 7.94. The fraction of sp³-hybridized carbons (Fsp3) is 0.286. The molecule has 0 spiro atoms. The zero-order valence-corrected chi connectivity index (χ0v) is 19.7. The summed E-state index contributed by atoms with van der Waals surface area (Å²) < 4.78 is 0. The lowest BCUT2D eigenvalue weighted by molar-refractivity contribution is 0.356.